The summed E-state index contributed by atoms with van der Waals surface area (Å²) in [4.78, 5) is 1.25. The van der Waals surface area contributed by atoms with Crippen LogP contribution in [0, 0.1) is 6.92 Å². The zero-order valence-electron chi connectivity index (χ0n) is 12.6. The molecule has 2 aromatic carbocycles. The quantitative estimate of drug-likeness (QED) is 0.791. The first-order chi connectivity index (χ1) is 10.2. The highest BCUT2D eigenvalue weighted by molar-refractivity contribution is 7.99. The fraction of sp³-hybridized carbons (Fsp3) is 0.333. The summed E-state index contributed by atoms with van der Waals surface area (Å²) >= 11 is 1.80. The summed E-state index contributed by atoms with van der Waals surface area (Å²) in [6.45, 7) is 4.27. The maximum Gasteiger partial charge on any atom is 0.155 e. The van der Waals surface area contributed by atoms with Crippen LogP contribution in [-0.2, 0) is 0 Å². The molecule has 2 nitrogen and oxygen atoms in total. The lowest BCUT2D eigenvalue weighted by atomic mass is 9.97. The van der Waals surface area contributed by atoms with Gasteiger partial charge in [-0.25, -0.2) is 0 Å². The Hall–Kier alpha value is -1.61. The van der Waals surface area contributed by atoms with E-state index in [4.69, 9.17) is 9.47 Å². The normalized spacial score (nSPS) is 20.0. The van der Waals surface area contributed by atoms with Gasteiger partial charge in [0.05, 0.1) is 7.11 Å². The summed E-state index contributed by atoms with van der Waals surface area (Å²) in [5.41, 5.74) is 2.53. The van der Waals surface area contributed by atoms with Crippen LogP contribution in [0.2, 0.25) is 0 Å². The number of ether oxygens (including phenoxy) is 2. The highest BCUT2D eigenvalue weighted by Crippen LogP contribution is 2.48. The van der Waals surface area contributed by atoms with Crippen molar-refractivity contribution in [3.05, 3.63) is 53.6 Å². The average Bonchev–Trinajstić information content (AvgIpc) is 2.83. The van der Waals surface area contributed by atoms with Crippen LogP contribution in [0.15, 0.2) is 47.4 Å². The Morgan fingerprint density at radius 3 is 2.62 bits per heavy atom. The third-order valence-electron chi connectivity index (χ3n) is 3.93. The predicted octanol–water partition coefficient (Wildman–Crippen LogP) is 5.01. The van der Waals surface area contributed by atoms with Crippen molar-refractivity contribution >= 4 is 11.8 Å². The minimum atomic E-state index is 0.138. The number of thioether (sulfide) groups is 1. The van der Waals surface area contributed by atoms with Gasteiger partial charge in [-0.15, -0.1) is 0 Å². The number of rotatable bonds is 4. The van der Waals surface area contributed by atoms with Gasteiger partial charge in [-0.1, -0.05) is 36.9 Å². The lowest BCUT2D eigenvalue weighted by Crippen LogP contribution is -2.13. The second-order valence-corrected chi connectivity index (χ2v) is 6.46. The van der Waals surface area contributed by atoms with E-state index in [-0.39, 0.29) is 5.44 Å². The SMILES string of the molecule is CC[C@H]1c2cc(OC)c(C)cc2O[C@@H]1Sc1ccccc1. The molecule has 0 spiro atoms. The summed E-state index contributed by atoms with van der Waals surface area (Å²) in [7, 11) is 1.72. The zero-order valence-corrected chi connectivity index (χ0v) is 13.4. The maximum absolute atomic E-state index is 6.20. The van der Waals surface area contributed by atoms with E-state index in [2.05, 4.69) is 50.2 Å². The molecule has 1 heterocycles. The van der Waals surface area contributed by atoms with Crippen LogP contribution in [-0.4, -0.2) is 12.5 Å². The van der Waals surface area contributed by atoms with Crippen LogP contribution in [0.4, 0.5) is 0 Å². The molecule has 110 valence electrons. The van der Waals surface area contributed by atoms with Gasteiger partial charge in [0.1, 0.15) is 11.5 Å². The van der Waals surface area contributed by atoms with Gasteiger partial charge in [-0.2, -0.15) is 0 Å². The monoisotopic (exact) mass is 300 g/mol. The lowest BCUT2D eigenvalue weighted by Gasteiger charge is -2.17. The Labute approximate surface area is 130 Å². The summed E-state index contributed by atoms with van der Waals surface area (Å²) < 4.78 is 11.7. The first-order valence-corrected chi connectivity index (χ1v) is 8.17. The lowest BCUT2D eigenvalue weighted by molar-refractivity contribution is 0.293. The van der Waals surface area contributed by atoms with Crippen molar-refractivity contribution in [1.29, 1.82) is 0 Å². The molecule has 21 heavy (non-hydrogen) atoms. The van der Waals surface area contributed by atoms with Gasteiger partial charge in [0.2, 0.25) is 0 Å². The molecule has 0 fully saturated rings. The molecule has 1 aliphatic rings. The van der Waals surface area contributed by atoms with Gasteiger partial charge in [0.15, 0.2) is 5.44 Å². The Morgan fingerprint density at radius 1 is 1.19 bits per heavy atom. The van der Waals surface area contributed by atoms with E-state index in [1.807, 2.05) is 6.07 Å². The summed E-state index contributed by atoms with van der Waals surface area (Å²) in [5, 5.41) is 0. The van der Waals surface area contributed by atoms with E-state index < -0.39 is 0 Å². The van der Waals surface area contributed by atoms with Crippen molar-refractivity contribution in [2.45, 2.75) is 36.5 Å². The number of fused-ring (bicyclic) bond motifs is 1. The van der Waals surface area contributed by atoms with E-state index in [1.54, 1.807) is 18.9 Å². The minimum Gasteiger partial charge on any atom is -0.496 e. The van der Waals surface area contributed by atoms with Crippen LogP contribution >= 0.6 is 11.8 Å². The number of benzene rings is 2. The summed E-state index contributed by atoms with van der Waals surface area (Å²) in [5.74, 6) is 2.36. The number of hydrogen-bond acceptors (Lipinski definition) is 3. The van der Waals surface area contributed by atoms with Crippen LogP contribution < -0.4 is 9.47 Å². The Kier molecular flexibility index (Phi) is 4.11. The molecule has 0 bridgehead atoms. The summed E-state index contributed by atoms with van der Waals surface area (Å²) in [6, 6.07) is 14.7. The van der Waals surface area contributed by atoms with Gasteiger partial charge in [-0.3, -0.25) is 0 Å². The molecule has 3 rings (SSSR count). The fourth-order valence-electron chi connectivity index (χ4n) is 2.79. The Balaban J connectivity index is 1.89. The van der Waals surface area contributed by atoms with Crippen LogP contribution in [0.5, 0.6) is 11.5 Å². The topological polar surface area (TPSA) is 18.5 Å². The molecule has 0 amide bonds. The molecule has 0 unspecified atom stereocenters. The highest BCUT2D eigenvalue weighted by Gasteiger charge is 2.34. The smallest absolute Gasteiger partial charge is 0.155 e. The van der Waals surface area contributed by atoms with E-state index in [0.29, 0.717) is 5.92 Å². The average molecular weight is 300 g/mol. The molecule has 2 atom stereocenters. The number of hydrogen-bond donors (Lipinski definition) is 0. The van der Waals surface area contributed by atoms with Crippen LogP contribution in [0.1, 0.15) is 30.4 Å². The highest BCUT2D eigenvalue weighted by atomic mass is 32.2. The molecule has 3 heteroatoms. The van der Waals surface area contributed by atoms with Gasteiger partial charge >= 0.3 is 0 Å². The first-order valence-electron chi connectivity index (χ1n) is 7.29. The van der Waals surface area contributed by atoms with Crippen molar-refractivity contribution in [3.63, 3.8) is 0 Å². The molecular weight excluding hydrogens is 280 g/mol. The van der Waals surface area contributed by atoms with Gasteiger partial charge < -0.3 is 9.47 Å². The number of methoxy groups -OCH3 is 1. The fourth-order valence-corrected chi connectivity index (χ4v) is 4.03. The zero-order chi connectivity index (χ0) is 14.8. The second kappa shape index (κ2) is 6.02. The van der Waals surface area contributed by atoms with Crippen molar-refractivity contribution in [2.24, 2.45) is 0 Å². The van der Waals surface area contributed by atoms with Crippen molar-refractivity contribution in [1.82, 2.24) is 0 Å². The standard InChI is InChI=1S/C18H20O2S/c1-4-14-15-11-16(19-3)12(2)10-17(15)20-18(14)21-13-8-6-5-7-9-13/h5-11,14,18H,4H2,1-3H3/t14-,18+/m0/s1. The molecular formula is C18H20O2S. The van der Waals surface area contributed by atoms with E-state index in [9.17, 15) is 0 Å². The molecule has 0 radical (unpaired) electrons. The molecule has 0 N–H and O–H groups in total. The predicted molar refractivity (Wildman–Crippen MR) is 87.5 cm³/mol. The Bertz CT molecular complexity index is 625. The van der Waals surface area contributed by atoms with Crippen molar-refractivity contribution < 1.29 is 9.47 Å². The van der Waals surface area contributed by atoms with Gasteiger partial charge in [0, 0.05) is 16.4 Å². The third-order valence-corrected chi connectivity index (χ3v) is 5.14. The second-order valence-electron chi connectivity index (χ2n) is 5.29. The largest absolute Gasteiger partial charge is 0.496 e. The molecule has 0 saturated carbocycles. The molecule has 0 aromatic heterocycles. The molecule has 1 aliphatic heterocycles. The van der Waals surface area contributed by atoms with Crippen molar-refractivity contribution in [2.75, 3.05) is 7.11 Å². The van der Waals surface area contributed by atoms with Crippen LogP contribution in [0.3, 0.4) is 0 Å². The summed E-state index contributed by atoms with van der Waals surface area (Å²) in [6.07, 6.45) is 1.06. The number of aryl methyl sites for hydroxylation is 1. The Morgan fingerprint density at radius 2 is 1.95 bits per heavy atom. The van der Waals surface area contributed by atoms with Gasteiger partial charge in [0.25, 0.3) is 0 Å². The van der Waals surface area contributed by atoms with E-state index in [1.165, 1.54) is 10.5 Å². The van der Waals surface area contributed by atoms with Gasteiger partial charge in [-0.05, 0) is 43.2 Å². The van der Waals surface area contributed by atoms with E-state index in [0.717, 1.165) is 23.5 Å². The molecule has 2 aromatic rings. The van der Waals surface area contributed by atoms with E-state index >= 15 is 0 Å². The first kappa shape index (κ1) is 14.3. The maximum atomic E-state index is 6.20. The molecule has 0 aliphatic carbocycles. The third kappa shape index (κ3) is 2.75. The molecule has 0 saturated heterocycles. The van der Waals surface area contributed by atoms with Crippen molar-refractivity contribution in [3.8, 4) is 11.5 Å². The van der Waals surface area contributed by atoms with Crippen LogP contribution in [0.25, 0.3) is 0 Å². The minimum absolute atomic E-state index is 0.138.